The molecule has 0 spiro atoms. The maximum Gasteiger partial charge on any atom is 0.0830 e. The van der Waals surface area contributed by atoms with Crippen LogP contribution in [0.15, 0.2) is 48.5 Å². The number of aliphatic hydroxyl groups excluding tert-OH is 1. The van der Waals surface area contributed by atoms with Crippen molar-refractivity contribution < 1.29 is 5.11 Å². The van der Waals surface area contributed by atoms with Gasteiger partial charge in [0.2, 0.25) is 0 Å². The second kappa shape index (κ2) is 6.03. The van der Waals surface area contributed by atoms with E-state index in [0.717, 1.165) is 5.56 Å². The van der Waals surface area contributed by atoms with E-state index in [1.54, 1.807) is 0 Å². The van der Waals surface area contributed by atoms with Crippen LogP contribution in [-0.4, -0.2) is 5.11 Å². The Hall–Kier alpha value is -1.60. The molecule has 0 radical (unpaired) electrons. The van der Waals surface area contributed by atoms with Crippen molar-refractivity contribution in [2.24, 2.45) is 0 Å². The van der Waals surface area contributed by atoms with Gasteiger partial charge in [-0.25, -0.2) is 0 Å². The SMILES string of the molecule is Cc1ccccc1CC(O)c1ccc(C(C)C)cc1. The summed E-state index contributed by atoms with van der Waals surface area (Å²) in [5.74, 6) is 0.530. The topological polar surface area (TPSA) is 20.2 Å². The van der Waals surface area contributed by atoms with Crippen molar-refractivity contribution in [3.8, 4) is 0 Å². The summed E-state index contributed by atoms with van der Waals surface area (Å²) in [6, 6.07) is 16.5. The van der Waals surface area contributed by atoms with Crippen molar-refractivity contribution in [1.82, 2.24) is 0 Å². The zero-order chi connectivity index (χ0) is 13.8. The summed E-state index contributed by atoms with van der Waals surface area (Å²) in [4.78, 5) is 0. The van der Waals surface area contributed by atoms with E-state index in [9.17, 15) is 5.11 Å². The summed E-state index contributed by atoms with van der Waals surface area (Å²) in [5, 5.41) is 10.3. The summed E-state index contributed by atoms with van der Waals surface area (Å²) < 4.78 is 0. The first kappa shape index (κ1) is 13.8. The van der Waals surface area contributed by atoms with Crippen LogP contribution in [0.4, 0.5) is 0 Å². The third-order valence-electron chi connectivity index (χ3n) is 3.66. The van der Waals surface area contributed by atoms with E-state index in [2.05, 4.69) is 45.0 Å². The van der Waals surface area contributed by atoms with Gasteiger partial charge in [0.05, 0.1) is 6.10 Å². The van der Waals surface area contributed by atoms with Gasteiger partial charge in [0.15, 0.2) is 0 Å². The zero-order valence-corrected chi connectivity index (χ0v) is 11.9. The highest BCUT2D eigenvalue weighted by atomic mass is 16.3. The van der Waals surface area contributed by atoms with Crippen LogP contribution >= 0.6 is 0 Å². The highest BCUT2D eigenvalue weighted by Crippen LogP contribution is 2.22. The Balaban J connectivity index is 2.12. The molecule has 2 aromatic carbocycles. The first-order valence-electron chi connectivity index (χ1n) is 6.90. The Morgan fingerprint density at radius 3 is 2.05 bits per heavy atom. The summed E-state index contributed by atoms with van der Waals surface area (Å²) in [6.45, 7) is 6.45. The molecular formula is C18H22O. The van der Waals surface area contributed by atoms with Gasteiger partial charge in [-0.15, -0.1) is 0 Å². The second-order valence-electron chi connectivity index (χ2n) is 5.47. The number of aliphatic hydroxyl groups is 1. The standard InChI is InChI=1S/C18H22O/c1-13(2)15-8-10-16(11-9-15)18(19)12-17-7-5-4-6-14(17)3/h4-11,13,18-19H,12H2,1-3H3. The van der Waals surface area contributed by atoms with E-state index in [1.165, 1.54) is 16.7 Å². The van der Waals surface area contributed by atoms with Crippen LogP contribution in [0.2, 0.25) is 0 Å². The molecule has 0 heterocycles. The van der Waals surface area contributed by atoms with Gasteiger partial charge in [-0.1, -0.05) is 62.4 Å². The molecule has 1 atom stereocenters. The highest BCUT2D eigenvalue weighted by molar-refractivity contribution is 5.30. The quantitative estimate of drug-likeness (QED) is 0.857. The molecule has 1 heteroatoms. The molecule has 0 fully saturated rings. The summed E-state index contributed by atoms with van der Waals surface area (Å²) >= 11 is 0. The van der Waals surface area contributed by atoms with Crippen molar-refractivity contribution in [2.75, 3.05) is 0 Å². The van der Waals surface area contributed by atoms with Gasteiger partial charge in [-0.05, 0) is 35.1 Å². The average Bonchev–Trinajstić information content (AvgIpc) is 2.41. The molecule has 0 aliphatic heterocycles. The van der Waals surface area contributed by atoms with Gasteiger partial charge in [0, 0.05) is 6.42 Å². The van der Waals surface area contributed by atoms with E-state index in [1.807, 2.05) is 24.3 Å². The third kappa shape index (κ3) is 3.45. The van der Waals surface area contributed by atoms with Crippen LogP contribution in [0, 0.1) is 6.92 Å². The lowest BCUT2D eigenvalue weighted by molar-refractivity contribution is 0.178. The van der Waals surface area contributed by atoms with E-state index in [-0.39, 0.29) is 0 Å². The molecule has 0 bridgehead atoms. The molecule has 0 aliphatic rings. The Morgan fingerprint density at radius 1 is 0.895 bits per heavy atom. The lowest BCUT2D eigenvalue weighted by atomic mass is 9.96. The lowest BCUT2D eigenvalue weighted by Gasteiger charge is -2.14. The molecule has 0 amide bonds. The van der Waals surface area contributed by atoms with Gasteiger partial charge < -0.3 is 5.11 Å². The number of hydrogen-bond donors (Lipinski definition) is 1. The molecule has 1 N–H and O–H groups in total. The van der Waals surface area contributed by atoms with Crippen molar-refractivity contribution in [2.45, 2.75) is 39.2 Å². The first-order chi connectivity index (χ1) is 9.08. The molecule has 100 valence electrons. The predicted molar refractivity (Wildman–Crippen MR) is 80.4 cm³/mol. The highest BCUT2D eigenvalue weighted by Gasteiger charge is 2.10. The van der Waals surface area contributed by atoms with E-state index < -0.39 is 6.10 Å². The molecule has 0 saturated carbocycles. The van der Waals surface area contributed by atoms with Crippen LogP contribution in [0.3, 0.4) is 0 Å². The number of rotatable bonds is 4. The summed E-state index contributed by atoms with van der Waals surface area (Å²) in [6.07, 6.45) is 0.246. The fourth-order valence-electron chi connectivity index (χ4n) is 2.27. The van der Waals surface area contributed by atoms with Crippen molar-refractivity contribution >= 4 is 0 Å². The van der Waals surface area contributed by atoms with Crippen LogP contribution in [-0.2, 0) is 6.42 Å². The van der Waals surface area contributed by atoms with Gasteiger partial charge in [0.1, 0.15) is 0 Å². The molecule has 0 aliphatic carbocycles. The third-order valence-corrected chi connectivity index (χ3v) is 3.66. The van der Waals surface area contributed by atoms with Crippen molar-refractivity contribution in [3.63, 3.8) is 0 Å². The van der Waals surface area contributed by atoms with Crippen LogP contribution in [0.1, 0.15) is 48.1 Å². The maximum atomic E-state index is 10.3. The van der Waals surface area contributed by atoms with Gasteiger partial charge in [0.25, 0.3) is 0 Å². The second-order valence-corrected chi connectivity index (χ2v) is 5.47. The minimum absolute atomic E-state index is 0.428. The summed E-state index contributed by atoms with van der Waals surface area (Å²) in [7, 11) is 0. The monoisotopic (exact) mass is 254 g/mol. The molecular weight excluding hydrogens is 232 g/mol. The molecule has 19 heavy (non-hydrogen) atoms. The van der Waals surface area contributed by atoms with Crippen molar-refractivity contribution in [1.29, 1.82) is 0 Å². The van der Waals surface area contributed by atoms with E-state index in [0.29, 0.717) is 12.3 Å². The Morgan fingerprint density at radius 2 is 1.47 bits per heavy atom. The average molecular weight is 254 g/mol. The van der Waals surface area contributed by atoms with Crippen LogP contribution < -0.4 is 0 Å². The summed E-state index contributed by atoms with van der Waals surface area (Å²) in [5.41, 5.74) is 4.75. The smallest absolute Gasteiger partial charge is 0.0830 e. The first-order valence-corrected chi connectivity index (χ1v) is 6.90. The van der Waals surface area contributed by atoms with Gasteiger partial charge in [-0.2, -0.15) is 0 Å². The zero-order valence-electron chi connectivity index (χ0n) is 11.9. The minimum Gasteiger partial charge on any atom is -0.388 e. The van der Waals surface area contributed by atoms with E-state index >= 15 is 0 Å². The Bertz CT molecular complexity index is 526. The fraction of sp³-hybridized carbons (Fsp3) is 0.333. The molecule has 1 unspecified atom stereocenters. The molecule has 2 aromatic rings. The molecule has 2 rings (SSSR count). The number of aryl methyl sites for hydroxylation is 1. The Kier molecular flexibility index (Phi) is 4.39. The minimum atomic E-state index is -0.428. The van der Waals surface area contributed by atoms with Crippen LogP contribution in [0.5, 0.6) is 0 Å². The molecule has 0 saturated heterocycles. The number of benzene rings is 2. The molecule has 0 aromatic heterocycles. The normalized spacial score (nSPS) is 12.7. The maximum absolute atomic E-state index is 10.3. The van der Waals surface area contributed by atoms with Crippen molar-refractivity contribution in [3.05, 3.63) is 70.8 Å². The van der Waals surface area contributed by atoms with Crippen LogP contribution in [0.25, 0.3) is 0 Å². The van der Waals surface area contributed by atoms with Gasteiger partial charge >= 0.3 is 0 Å². The Labute approximate surface area is 115 Å². The predicted octanol–water partition coefficient (Wildman–Crippen LogP) is 4.39. The lowest BCUT2D eigenvalue weighted by Crippen LogP contribution is -2.03. The number of hydrogen-bond acceptors (Lipinski definition) is 1. The molecule has 1 nitrogen and oxygen atoms in total. The van der Waals surface area contributed by atoms with E-state index in [4.69, 9.17) is 0 Å². The van der Waals surface area contributed by atoms with Gasteiger partial charge in [-0.3, -0.25) is 0 Å². The largest absolute Gasteiger partial charge is 0.388 e. The fourth-order valence-corrected chi connectivity index (χ4v) is 2.27.